The molecule has 7 heteroatoms. The van der Waals surface area contributed by atoms with Crippen LogP contribution in [0.1, 0.15) is 62.1 Å². The average Bonchev–Trinajstić information content (AvgIpc) is 3.42. The van der Waals surface area contributed by atoms with Gasteiger partial charge in [-0.05, 0) is 67.6 Å². The van der Waals surface area contributed by atoms with Crippen LogP contribution < -0.4 is 5.43 Å². The van der Waals surface area contributed by atoms with Gasteiger partial charge in [0.2, 0.25) is 5.76 Å². The Hall–Kier alpha value is -3.45. The van der Waals surface area contributed by atoms with E-state index < -0.39 is 12.0 Å². The Bertz CT molecular complexity index is 1320. The lowest BCUT2D eigenvalue weighted by molar-refractivity contribution is 0.0486. The van der Waals surface area contributed by atoms with E-state index in [0.717, 1.165) is 29.5 Å². The maximum Gasteiger partial charge on any atom is 0.337 e. The SMILES string of the molecule is COC(=O)c1ccc([C@@H]2c3c(oc4cc(C)c(C)cc4c3=O)C(=O)N2C[C@H]2CCCO2)cc1. The molecule has 0 bridgehead atoms. The van der Waals surface area contributed by atoms with E-state index in [2.05, 4.69) is 0 Å². The van der Waals surface area contributed by atoms with Gasteiger partial charge in [0.05, 0.1) is 35.8 Å². The van der Waals surface area contributed by atoms with Gasteiger partial charge in [0.25, 0.3) is 5.91 Å². The number of amides is 1. The molecule has 3 aromatic rings. The third-order valence-corrected chi connectivity index (χ3v) is 6.65. The van der Waals surface area contributed by atoms with E-state index in [0.29, 0.717) is 35.2 Å². The summed E-state index contributed by atoms with van der Waals surface area (Å²) in [6.45, 7) is 4.91. The van der Waals surface area contributed by atoms with Crippen LogP contribution in [0, 0.1) is 13.8 Å². The molecule has 2 aliphatic heterocycles. The molecular formula is C26H25NO6. The molecule has 170 valence electrons. The summed E-state index contributed by atoms with van der Waals surface area (Å²) in [6.07, 6.45) is 1.71. The van der Waals surface area contributed by atoms with Crippen molar-refractivity contribution in [3.05, 3.63) is 80.2 Å². The quantitative estimate of drug-likeness (QED) is 0.564. The van der Waals surface area contributed by atoms with Gasteiger partial charge in [0.1, 0.15) is 5.58 Å². The third kappa shape index (κ3) is 3.53. The number of aryl methyl sites for hydroxylation is 2. The molecule has 33 heavy (non-hydrogen) atoms. The maximum atomic E-state index is 13.7. The fourth-order valence-electron chi connectivity index (χ4n) is 4.74. The normalized spacial score (nSPS) is 19.8. The van der Waals surface area contributed by atoms with Crippen LogP contribution >= 0.6 is 0 Å². The highest BCUT2D eigenvalue weighted by atomic mass is 16.5. The molecule has 2 aromatic carbocycles. The van der Waals surface area contributed by atoms with E-state index >= 15 is 0 Å². The molecule has 1 saturated heterocycles. The van der Waals surface area contributed by atoms with Crippen molar-refractivity contribution in [2.45, 2.75) is 38.8 Å². The summed E-state index contributed by atoms with van der Waals surface area (Å²) < 4.78 is 16.6. The molecule has 2 atom stereocenters. The number of esters is 1. The number of ether oxygens (including phenoxy) is 2. The topological polar surface area (TPSA) is 86.0 Å². The number of rotatable bonds is 4. The molecule has 0 saturated carbocycles. The Balaban J connectivity index is 1.68. The van der Waals surface area contributed by atoms with E-state index in [1.807, 2.05) is 26.0 Å². The Morgan fingerprint density at radius 2 is 1.85 bits per heavy atom. The van der Waals surface area contributed by atoms with Gasteiger partial charge in [0, 0.05) is 13.2 Å². The molecule has 5 rings (SSSR count). The minimum absolute atomic E-state index is 0.0794. The summed E-state index contributed by atoms with van der Waals surface area (Å²) in [5.41, 5.74) is 3.63. The first-order valence-electron chi connectivity index (χ1n) is 11.1. The summed E-state index contributed by atoms with van der Waals surface area (Å²) in [4.78, 5) is 40.7. The molecule has 1 fully saturated rings. The lowest BCUT2D eigenvalue weighted by Crippen LogP contribution is -2.36. The van der Waals surface area contributed by atoms with Crippen molar-refractivity contribution in [3.63, 3.8) is 0 Å². The summed E-state index contributed by atoms with van der Waals surface area (Å²) in [5.74, 6) is -0.687. The summed E-state index contributed by atoms with van der Waals surface area (Å²) in [6, 6.07) is 9.81. The Kier molecular flexibility index (Phi) is 5.29. The molecule has 0 aliphatic carbocycles. The number of benzene rings is 2. The molecule has 0 unspecified atom stereocenters. The first-order chi connectivity index (χ1) is 15.9. The minimum Gasteiger partial charge on any atom is -0.465 e. The van der Waals surface area contributed by atoms with Crippen LogP contribution in [0.15, 0.2) is 45.6 Å². The first-order valence-corrected chi connectivity index (χ1v) is 11.1. The van der Waals surface area contributed by atoms with Crippen molar-refractivity contribution < 1.29 is 23.5 Å². The number of methoxy groups -OCH3 is 1. The van der Waals surface area contributed by atoms with Crippen molar-refractivity contribution in [1.82, 2.24) is 4.90 Å². The molecule has 2 aliphatic rings. The Morgan fingerprint density at radius 3 is 2.52 bits per heavy atom. The zero-order valence-corrected chi connectivity index (χ0v) is 18.8. The summed E-state index contributed by atoms with van der Waals surface area (Å²) in [7, 11) is 1.32. The van der Waals surface area contributed by atoms with Crippen LogP contribution in [0.5, 0.6) is 0 Å². The Labute approximate surface area is 190 Å². The van der Waals surface area contributed by atoms with Crippen LogP contribution in [0.3, 0.4) is 0 Å². The van der Waals surface area contributed by atoms with Crippen molar-refractivity contribution in [2.75, 3.05) is 20.3 Å². The van der Waals surface area contributed by atoms with E-state index in [1.54, 1.807) is 29.2 Å². The van der Waals surface area contributed by atoms with Crippen LogP contribution in [0.2, 0.25) is 0 Å². The molecule has 0 radical (unpaired) electrons. The molecule has 1 amide bonds. The number of fused-ring (bicyclic) bond motifs is 2. The number of hydrogen-bond acceptors (Lipinski definition) is 6. The first kappa shape index (κ1) is 21.4. The van der Waals surface area contributed by atoms with Crippen molar-refractivity contribution in [2.24, 2.45) is 0 Å². The lowest BCUT2D eigenvalue weighted by atomic mass is 9.96. The predicted octanol–water partition coefficient (Wildman–Crippen LogP) is 3.92. The van der Waals surface area contributed by atoms with Crippen LogP contribution in [0.4, 0.5) is 0 Å². The molecular weight excluding hydrogens is 422 g/mol. The number of nitrogens with zero attached hydrogens (tertiary/aromatic N) is 1. The largest absolute Gasteiger partial charge is 0.465 e. The van der Waals surface area contributed by atoms with Crippen molar-refractivity contribution in [1.29, 1.82) is 0 Å². The van der Waals surface area contributed by atoms with E-state index in [4.69, 9.17) is 13.9 Å². The van der Waals surface area contributed by atoms with Gasteiger partial charge < -0.3 is 18.8 Å². The smallest absolute Gasteiger partial charge is 0.337 e. The van der Waals surface area contributed by atoms with Crippen LogP contribution in [0.25, 0.3) is 11.0 Å². The number of carbonyl (C=O) groups is 2. The highest BCUT2D eigenvalue weighted by Gasteiger charge is 2.44. The summed E-state index contributed by atoms with van der Waals surface area (Å²) >= 11 is 0. The fraction of sp³-hybridized carbons (Fsp3) is 0.346. The van der Waals surface area contributed by atoms with Gasteiger partial charge in [-0.2, -0.15) is 0 Å². The molecule has 3 heterocycles. The van der Waals surface area contributed by atoms with E-state index in [9.17, 15) is 14.4 Å². The molecule has 0 N–H and O–H groups in total. The zero-order chi connectivity index (χ0) is 23.3. The van der Waals surface area contributed by atoms with Gasteiger partial charge >= 0.3 is 5.97 Å². The van der Waals surface area contributed by atoms with Gasteiger partial charge in [0.15, 0.2) is 5.43 Å². The monoisotopic (exact) mass is 447 g/mol. The predicted molar refractivity (Wildman–Crippen MR) is 122 cm³/mol. The molecule has 1 aromatic heterocycles. The fourth-order valence-corrected chi connectivity index (χ4v) is 4.74. The second-order valence-electron chi connectivity index (χ2n) is 8.72. The van der Waals surface area contributed by atoms with E-state index in [-0.39, 0.29) is 23.2 Å². The second-order valence-corrected chi connectivity index (χ2v) is 8.72. The number of carbonyl (C=O) groups excluding carboxylic acids is 2. The number of hydrogen-bond donors (Lipinski definition) is 0. The maximum absolute atomic E-state index is 13.7. The van der Waals surface area contributed by atoms with Gasteiger partial charge in [-0.3, -0.25) is 9.59 Å². The highest BCUT2D eigenvalue weighted by molar-refractivity contribution is 5.99. The van der Waals surface area contributed by atoms with E-state index in [1.165, 1.54) is 7.11 Å². The van der Waals surface area contributed by atoms with Gasteiger partial charge in [-0.25, -0.2) is 4.79 Å². The summed E-state index contributed by atoms with van der Waals surface area (Å²) in [5, 5.41) is 0.458. The molecule has 7 nitrogen and oxygen atoms in total. The van der Waals surface area contributed by atoms with Gasteiger partial charge in [-0.1, -0.05) is 12.1 Å². The highest BCUT2D eigenvalue weighted by Crippen LogP contribution is 2.39. The lowest BCUT2D eigenvalue weighted by Gasteiger charge is -2.27. The second kappa shape index (κ2) is 8.15. The third-order valence-electron chi connectivity index (χ3n) is 6.65. The molecule has 0 spiro atoms. The standard InChI is InChI=1S/C26H25NO6/c1-14-11-19-20(12-15(14)2)33-24-21(23(19)28)22(16-6-8-17(9-7-16)26(30)31-3)27(25(24)29)13-18-5-4-10-32-18/h6-9,11-12,18,22H,4-5,10,13H2,1-3H3/t18-,22-/m1/s1. The van der Waals surface area contributed by atoms with Crippen molar-refractivity contribution in [3.8, 4) is 0 Å². The van der Waals surface area contributed by atoms with Crippen molar-refractivity contribution >= 4 is 22.8 Å². The van der Waals surface area contributed by atoms with Gasteiger partial charge in [-0.15, -0.1) is 0 Å². The van der Waals surface area contributed by atoms with Crippen LogP contribution in [-0.2, 0) is 9.47 Å². The minimum atomic E-state index is -0.620. The average molecular weight is 447 g/mol. The zero-order valence-electron chi connectivity index (χ0n) is 18.8. The Morgan fingerprint density at radius 1 is 1.12 bits per heavy atom. The van der Waals surface area contributed by atoms with Crippen LogP contribution in [-0.4, -0.2) is 43.1 Å².